The predicted octanol–water partition coefficient (Wildman–Crippen LogP) is 3.51. The van der Waals surface area contributed by atoms with Crippen molar-refractivity contribution in [3.8, 4) is 0 Å². The molecule has 27 heavy (non-hydrogen) atoms. The van der Waals surface area contributed by atoms with Gasteiger partial charge in [0, 0.05) is 38.9 Å². The van der Waals surface area contributed by atoms with Crippen molar-refractivity contribution in [2.24, 2.45) is 11.8 Å². The Labute approximate surface area is 161 Å². The average molecular weight is 406 g/mol. The van der Waals surface area contributed by atoms with Crippen molar-refractivity contribution in [3.63, 3.8) is 0 Å². The predicted molar refractivity (Wildman–Crippen MR) is 95.7 cm³/mol. The molecule has 1 saturated carbocycles. The highest BCUT2D eigenvalue weighted by atomic mass is 35.5. The number of amides is 1. The number of anilines is 1. The molecule has 1 aromatic rings. The van der Waals surface area contributed by atoms with E-state index in [9.17, 15) is 18.0 Å². The zero-order valence-corrected chi connectivity index (χ0v) is 15.8. The van der Waals surface area contributed by atoms with Gasteiger partial charge in [-0.15, -0.1) is 0 Å². The Morgan fingerprint density at radius 1 is 1.37 bits per heavy atom. The van der Waals surface area contributed by atoms with Gasteiger partial charge < -0.3 is 15.0 Å². The molecule has 5 nitrogen and oxygen atoms in total. The van der Waals surface area contributed by atoms with E-state index in [1.165, 1.54) is 0 Å². The van der Waals surface area contributed by atoms with Gasteiger partial charge in [0.15, 0.2) is 0 Å². The molecule has 150 valence electrons. The number of alkyl halides is 3. The van der Waals surface area contributed by atoms with E-state index in [4.69, 9.17) is 16.3 Å². The van der Waals surface area contributed by atoms with Crippen LogP contribution in [-0.4, -0.2) is 43.7 Å². The number of carbonyl (C=O) groups is 1. The molecule has 1 aromatic heterocycles. The third-order valence-electron chi connectivity index (χ3n) is 5.40. The van der Waals surface area contributed by atoms with Gasteiger partial charge in [0.2, 0.25) is 5.91 Å². The Kier molecular flexibility index (Phi) is 6.15. The standard InChI is InChI=1S/C18H23ClF3N3O2/c1-27-5-4-16(26)24-14-3-2-11-9-25(10-12(11)6-14)17-15(19)7-13(8-23-17)18(20,21)22/h7-8,11-12,14H,2-6,9-10H2,1H3,(H,24,26). The Morgan fingerprint density at radius 2 is 2.11 bits per heavy atom. The van der Waals surface area contributed by atoms with Crippen molar-refractivity contribution >= 4 is 23.3 Å². The summed E-state index contributed by atoms with van der Waals surface area (Å²) in [6.45, 7) is 1.82. The first-order chi connectivity index (χ1) is 12.8. The SMILES string of the molecule is COCCC(=O)NC1CCC2CN(c3ncc(C(F)(F)F)cc3Cl)CC2C1. The summed E-state index contributed by atoms with van der Waals surface area (Å²) in [4.78, 5) is 17.8. The molecule has 0 aromatic carbocycles. The monoisotopic (exact) mass is 405 g/mol. The lowest BCUT2D eigenvalue weighted by Gasteiger charge is -2.31. The second kappa shape index (κ2) is 8.22. The van der Waals surface area contributed by atoms with Crippen LogP contribution >= 0.6 is 11.6 Å². The average Bonchev–Trinajstić information content (AvgIpc) is 3.02. The number of rotatable bonds is 5. The quantitative estimate of drug-likeness (QED) is 0.814. The lowest BCUT2D eigenvalue weighted by Crippen LogP contribution is -2.40. The molecule has 0 bridgehead atoms. The normalized spacial score (nSPS) is 25.4. The molecular formula is C18H23ClF3N3O2. The van der Waals surface area contributed by atoms with Crippen LogP contribution in [0.2, 0.25) is 5.02 Å². The molecule has 1 N–H and O–H groups in total. The molecule has 2 fully saturated rings. The number of hydrogen-bond acceptors (Lipinski definition) is 4. The highest BCUT2D eigenvalue weighted by Gasteiger charge is 2.39. The fourth-order valence-electron chi connectivity index (χ4n) is 4.05. The first-order valence-corrected chi connectivity index (χ1v) is 9.41. The summed E-state index contributed by atoms with van der Waals surface area (Å²) in [5.74, 6) is 1.20. The summed E-state index contributed by atoms with van der Waals surface area (Å²) in [6.07, 6.45) is -0.544. The van der Waals surface area contributed by atoms with Crippen LogP contribution in [0.5, 0.6) is 0 Å². The number of hydrogen-bond donors (Lipinski definition) is 1. The second-order valence-electron chi connectivity index (χ2n) is 7.27. The van der Waals surface area contributed by atoms with Gasteiger partial charge in [-0.05, 0) is 37.2 Å². The zero-order valence-electron chi connectivity index (χ0n) is 15.1. The van der Waals surface area contributed by atoms with Gasteiger partial charge >= 0.3 is 6.18 Å². The summed E-state index contributed by atoms with van der Waals surface area (Å²) in [5.41, 5.74) is -0.841. The number of nitrogens with zero attached hydrogens (tertiary/aromatic N) is 2. The third-order valence-corrected chi connectivity index (χ3v) is 5.67. The van der Waals surface area contributed by atoms with Crippen LogP contribution in [0.4, 0.5) is 19.0 Å². The van der Waals surface area contributed by atoms with Crippen molar-refractivity contribution in [1.29, 1.82) is 0 Å². The van der Waals surface area contributed by atoms with Crippen molar-refractivity contribution in [3.05, 3.63) is 22.8 Å². The maximum absolute atomic E-state index is 12.8. The largest absolute Gasteiger partial charge is 0.417 e. The van der Waals surface area contributed by atoms with Crippen molar-refractivity contribution in [1.82, 2.24) is 10.3 Å². The first kappa shape index (κ1) is 20.2. The minimum absolute atomic E-state index is 0.0115. The lowest BCUT2D eigenvalue weighted by molar-refractivity contribution is -0.137. The van der Waals surface area contributed by atoms with E-state index in [-0.39, 0.29) is 17.0 Å². The molecule has 2 aliphatic rings. The van der Waals surface area contributed by atoms with E-state index in [1.54, 1.807) is 7.11 Å². The highest BCUT2D eigenvalue weighted by molar-refractivity contribution is 6.33. The first-order valence-electron chi connectivity index (χ1n) is 9.04. The van der Waals surface area contributed by atoms with Gasteiger partial charge in [-0.25, -0.2) is 4.98 Å². The number of halogens is 4. The van der Waals surface area contributed by atoms with E-state index >= 15 is 0 Å². The van der Waals surface area contributed by atoms with Gasteiger partial charge in [0.05, 0.1) is 17.2 Å². The molecule has 3 rings (SSSR count). The highest BCUT2D eigenvalue weighted by Crippen LogP contribution is 2.40. The van der Waals surface area contributed by atoms with Crippen molar-refractivity contribution < 1.29 is 22.7 Å². The summed E-state index contributed by atoms with van der Waals surface area (Å²) in [7, 11) is 1.56. The van der Waals surface area contributed by atoms with Crippen LogP contribution in [0.15, 0.2) is 12.3 Å². The number of fused-ring (bicyclic) bond motifs is 1. The summed E-state index contributed by atoms with van der Waals surface area (Å²) in [6, 6.07) is 1.07. The molecular weight excluding hydrogens is 383 g/mol. The number of ether oxygens (including phenoxy) is 1. The minimum atomic E-state index is -4.46. The summed E-state index contributed by atoms with van der Waals surface area (Å²) in [5, 5.41) is 3.07. The summed E-state index contributed by atoms with van der Waals surface area (Å²) < 4.78 is 43.3. The van der Waals surface area contributed by atoms with Crippen LogP contribution in [0, 0.1) is 11.8 Å². The number of methoxy groups -OCH3 is 1. The Balaban J connectivity index is 1.61. The van der Waals surface area contributed by atoms with Gasteiger partial charge in [-0.1, -0.05) is 11.6 Å². The third kappa shape index (κ3) is 4.85. The topological polar surface area (TPSA) is 54.5 Å². The molecule has 0 radical (unpaired) electrons. The maximum atomic E-state index is 12.8. The molecule has 2 heterocycles. The van der Waals surface area contributed by atoms with Gasteiger partial charge in [0.1, 0.15) is 5.82 Å². The van der Waals surface area contributed by atoms with Crippen molar-refractivity contribution in [2.75, 3.05) is 31.7 Å². The molecule has 1 aliphatic carbocycles. The van der Waals surface area contributed by atoms with E-state index < -0.39 is 11.7 Å². The molecule has 1 aliphatic heterocycles. The van der Waals surface area contributed by atoms with Crippen LogP contribution in [0.25, 0.3) is 0 Å². The smallest absolute Gasteiger partial charge is 0.384 e. The molecule has 3 atom stereocenters. The Bertz CT molecular complexity index is 686. The van der Waals surface area contributed by atoms with Crippen LogP contribution < -0.4 is 10.2 Å². The Morgan fingerprint density at radius 3 is 2.78 bits per heavy atom. The van der Waals surface area contributed by atoms with E-state index in [1.807, 2.05) is 4.90 Å². The second-order valence-corrected chi connectivity index (χ2v) is 7.68. The van der Waals surface area contributed by atoms with Crippen LogP contribution in [-0.2, 0) is 15.7 Å². The van der Waals surface area contributed by atoms with Gasteiger partial charge in [-0.3, -0.25) is 4.79 Å². The van der Waals surface area contributed by atoms with Crippen LogP contribution in [0.3, 0.4) is 0 Å². The number of carbonyl (C=O) groups excluding carboxylic acids is 1. The van der Waals surface area contributed by atoms with E-state index in [0.717, 1.165) is 38.1 Å². The molecule has 1 amide bonds. The Hall–Kier alpha value is -1.54. The van der Waals surface area contributed by atoms with Gasteiger partial charge in [-0.2, -0.15) is 13.2 Å². The minimum Gasteiger partial charge on any atom is -0.384 e. The van der Waals surface area contributed by atoms with E-state index in [2.05, 4.69) is 10.3 Å². The number of nitrogens with one attached hydrogen (secondary N) is 1. The maximum Gasteiger partial charge on any atom is 0.417 e. The number of aromatic nitrogens is 1. The van der Waals surface area contributed by atoms with Crippen LogP contribution in [0.1, 0.15) is 31.2 Å². The fraction of sp³-hybridized carbons (Fsp3) is 0.667. The zero-order chi connectivity index (χ0) is 19.6. The fourth-order valence-corrected chi connectivity index (χ4v) is 4.33. The van der Waals surface area contributed by atoms with E-state index in [0.29, 0.717) is 37.2 Å². The molecule has 1 saturated heterocycles. The molecule has 3 unspecified atom stereocenters. The lowest BCUT2D eigenvalue weighted by atomic mass is 9.79. The van der Waals surface area contributed by atoms with Crippen molar-refractivity contribution in [2.45, 2.75) is 37.9 Å². The summed E-state index contributed by atoms with van der Waals surface area (Å²) >= 11 is 6.09. The number of pyridine rings is 1. The van der Waals surface area contributed by atoms with Gasteiger partial charge in [0.25, 0.3) is 0 Å². The molecule has 9 heteroatoms. The molecule has 0 spiro atoms.